The number of piperidine rings is 2. The van der Waals surface area contributed by atoms with Gasteiger partial charge in [0.15, 0.2) is 17.2 Å². The number of carbonyl (C=O) groups is 3. The summed E-state index contributed by atoms with van der Waals surface area (Å²) in [5, 5.41) is 13.1. The molecule has 1 aliphatic carbocycles. The van der Waals surface area contributed by atoms with Crippen LogP contribution in [0.1, 0.15) is 64.3 Å². The first-order chi connectivity index (χ1) is 29.9. The number of imidazole rings is 1. The molecule has 5 aliphatic rings. The van der Waals surface area contributed by atoms with Crippen LogP contribution in [0.25, 0.3) is 16.9 Å². The van der Waals surface area contributed by atoms with Crippen LogP contribution < -0.4 is 25.6 Å². The van der Waals surface area contributed by atoms with Crippen LogP contribution in [0.5, 0.6) is 5.75 Å². The number of hydrogen-bond acceptors (Lipinski definition) is 11. The summed E-state index contributed by atoms with van der Waals surface area (Å²) in [6, 6.07) is 17.0. The number of likely N-dealkylation sites (tertiary alicyclic amines) is 2. The number of carbonyl (C=O) groups excluding carboxylic acids is 3. The van der Waals surface area contributed by atoms with Gasteiger partial charge in [0, 0.05) is 76.1 Å². The zero-order chi connectivity index (χ0) is 42.9. The van der Waals surface area contributed by atoms with Crippen molar-refractivity contribution in [2.75, 3.05) is 57.1 Å². The van der Waals surface area contributed by atoms with Crippen LogP contribution in [-0.2, 0) is 29.1 Å². The van der Waals surface area contributed by atoms with E-state index in [9.17, 15) is 18.8 Å². The minimum absolute atomic E-state index is 0.229. The van der Waals surface area contributed by atoms with Gasteiger partial charge in [0.05, 0.1) is 48.6 Å². The summed E-state index contributed by atoms with van der Waals surface area (Å²) < 4.78 is 52.6. The van der Waals surface area contributed by atoms with E-state index in [2.05, 4.69) is 30.7 Å². The van der Waals surface area contributed by atoms with Gasteiger partial charge >= 0.3 is 0 Å². The van der Waals surface area contributed by atoms with E-state index < -0.39 is 35.4 Å². The number of aromatic nitrogens is 4. The quantitative estimate of drug-likeness (QED) is 0.150. The summed E-state index contributed by atoms with van der Waals surface area (Å²) in [4.78, 5) is 52.5. The highest BCUT2D eigenvalue weighted by Gasteiger charge is 2.62. The second-order valence-corrected chi connectivity index (χ2v) is 17.3. The summed E-state index contributed by atoms with van der Waals surface area (Å²) in [7, 11) is 3.32. The number of hydrogen-bond donors (Lipinski definition) is 3. The number of amides is 3. The Morgan fingerprint density at radius 3 is 2.52 bits per heavy atom. The summed E-state index contributed by atoms with van der Waals surface area (Å²) in [6.45, 7) is 2.24. The summed E-state index contributed by atoms with van der Waals surface area (Å²) in [5.41, 5.74) is 6.68. The number of pyridine rings is 1. The third-order valence-electron chi connectivity index (χ3n) is 13.2. The maximum atomic E-state index is 16.0. The minimum atomic E-state index is -2.89. The van der Waals surface area contributed by atoms with E-state index in [1.807, 2.05) is 54.7 Å². The number of nitrogens with zero attached hydrogens (tertiary/aromatic N) is 7. The Morgan fingerprint density at radius 1 is 0.968 bits per heavy atom. The molecule has 4 fully saturated rings. The first kappa shape index (κ1) is 40.0. The second-order valence-electron chi connectivity index (χ2n) is 17.3. The molecule has 3 N–H and O–H groups in total. The van der Waals surface area contributed by atoms with Gasteiger partial charge in [0.25, 0.3) is 11.8 Å². The van der Waals surface area contributed by atoms with Crippen molar-refractivity contribution in [2.24, 2.45) is 5.41 Å². The highest BCUT2D eigenvalue weighted by atomic mass is 19.3. The smallest absolute Gasteiger partial charge is 0.271 e. The normalized spacial score (nSPS) is 22.9. The Labute approximate surface area is 355 Å². The fourth-order valence-corrected chi connectivity index (χ4v) is 9.72. The van der Waals surface area contributed by atoms with Gasteiger partial charge in [-0.25, -0.2) is 22.7 Å². The average molecular weight is 849 g/mol. The second kappa shape index (κ2) is 15.4. The molecule has 1 saturated carbocycles. The minimum Gasteiger partial charge on any atom is -0.497 e. The summed E-state index contributed by atoms with van der Waals surface area (Å²) in [5.74, 6) is -3.27. The number of rotatable bonds is 11. The molecule has 2 unspecified atom stereocenters. The Morgan fingerprint density at radius 2 is 1.79 bits per heavy atom. The largest absolute Gasteiger partial charge is 0.497 e. The first-order valence-electron chi connectivity index (χ1n) is 21.1. The molecule has 2 aromatic carbocycles. The number of imide groups is 1. The third-order valence-corrected chi connectivity index (χ3v) is 13.2. The van der Waals surface area contributed by atoms with E-state index in [-0.39, 0.29) is 30.5 Å². The molecule has 14 nitrogen and oxygen atoms in total. The number of anilines is 3. The zero-order valence-electron chi connectivity index (χ0n) is 34.5. The maximum absolute atomic E-state index is 16.0. The lowest BCUT2D eigenvalue weighted by atomic mass is 9.69. The summed E-state index contributed by atoms with van der Waals surface area (Å²) in [6.07, 6.45) is 4.32. The van der Waals surface area contributed by atoms with Gasteiger partial charge in [0.1, 0.15) is 11.9 Å². The molecule has 3 aromatic heterocycles. The van der Waals surface area contributed by atoms with Gasteiger partial charge in [-0.1, -0.05) is 24.3 Å². The van der Waals surface area contributed by atoms with E-state index >= 15 is 8.78 Å². The number of ether oxygens (including phenoxy) is 1. The van der Waals surface area contributed by atoms with Crippen LogP contribution >= 0.6 is 0 Å². The van der Waals surface area contributed by atoms with Crippen LogP contribution in [0.15, 0.2) is 67.0 Å². The molecule has 0 radical (unpaired) electrons. The molecule has 3 amide bonds. The summed E-state index contributed by atoms with van der Waals surface area (Å²) >= 11 is 0. The highest BCUT2D eigenvalue weighted by molar-refractivity contribution is 6.01. The zero-order valence-corrected chi connectivity index (χ0v) is 34.5. The third kappa shape index (κ3) is 7.19. The van der Waals surface area contributed by atoms with Crippen molar-refractivity contribution in [1.82, 2.24) is 40.0 Å². The van der Waals surface area contributed by atoms with Crippen LogP contribution in [0.2, 0.25) is 0 Å². The van der Waals surface area contributed by atoms with Crippen molar-refractivity contribution >= 4 is 40.6 Å². The number of nitrogens with one attached hydrogen (secondary N) is 3. The first-order valence-corrected chi connectivity index (χ1v) is 21.1. The average Bonchev–Trinajstić information content (AvgIpc) is 3.56. The number of halogens is 3. The van der Waals surface area contributed by atoms with Crippen molar-refractivity contribution < 1.29 is 32.3 Å². The molecule has 322 valence electrons. The molecule has 7 heterocycles. The molecule has 3 saturated heterocycles. The molecule has 5 aromatic rings. The molecule has 17 heteroatoms. The van der Waals surface area contributed by atoms with Crippen LogP contribution in [0, 0.1) is 5.41 Å². The Bertz CT molecular complexity index is 2600. The predicted octanol–water partition coefficient (Wildman–Crippen LogP) is 5.24. The van der Waals surface area contributed by atoms with Gasteiger partial charge in [-0.3, -0.25) is 34.5 Å². The van der Waals surface area contributed by atoms with E-state index in [0.717, 1.165) is 45.6 Å². The van der Waals surface area contributed by atoms with Crippen LogP contribution in [0.3, 0.4) is 0 Å². The van der Waals surface area contributed by atoms with Gasteiger partial charge in [-0.2, -0.15) is 0 Å². The SMILES string of the molecule is CNc1cc(N2CCc3c(-c4ccc(CN5CC6(CCN(Cc7cc(OC)cc(C8CCC(=O)NC8=O)c7)CC6(F)F)C5)cn4)cccc32)nn2c(C(=O)NC3C[C@@H]3F)cnc12. The van der Waals surface area contributed by atoms with Crippen molar-refractivity contribution in [3.8, 4) is 17.0 Å². The standard InChI is InChI=1S/C45H47F3N10O4/c1-49-36-18-39(54-58-38(20-51-41(36)58)43(61)52-35-17-33(35)46)57-12-10-32-31(4-3-5-37(32)57)34-8-6-26(19-50-34)21-56-23-44(24-56)11-13-55(25-45(44,47)48)22-27-14-28(16-29(15-27)62-2)30-7-9-40(59)53-42(30)60/h3-6,8,14-16,18-20,30,33,35,49H,7,9-13,17,21-25H2,1-2H3,(H,52,61)(H,53,59,60)/t30?,33-,35?/m0/s1. The van der Waals surface area contributed by atoms with Crippen LogP contribution in [-0.4, -0.2) is 112 Å². The van der Waals surface area contributed by atoms with Crippen molar-refractivity contribution in [2.45, 2.75) is 69.2 Å². The Kier molecular flexibility index (Phi) is 9.93. The maximum Gasteiger partial charge on any atom is 0.271 e. The lowest BCUT2D eigenvalue weighted by Gasteiger charge is -2.57. The lowest BCUT2D eigenvalue weighted by Crippen LogP contribution is -2.69. The van der Waals surface area contributed by atoms with E-state index in [0.29, 0.717) is 81.4 Å². The molecule has 1 spiro atoms. The van der Waals surface area contributed by atoms with E-state index in [1.54, 1.807) is 18.0 Å². The number of fused-ring (bicyclic) bond motifs is 2. The van der Waals surface area contributed by atoms with Crippen LogP contribution in [0.4, 0.5) is 30.4 Å². The molecular formula is C45H47F3N10O4. The molecule has 3 atom stereocenters. The van der Waals surface area contributed by atoms with Crippen molar-refractivity contribution in [3.63, 3.8) is 0 Å². The predicted molar refractivity (Wildman–Crippen MR) is 224 cm³/mol. The number of benzene rings is 2. The molecule has 0 bridgehead atoms. The fourth-order valence-electron chi connectivity index (χ4n) is 9.72. The van der Waals surface area contributed by atoms with Crippen molar-refractivity contribution in [3.05, 3.63) is 94.9 Å². The van der Waals surface area contributed by atoms with Gasteiger partial charge in [0.2, 0.25) is 11.8 Å². The molecule has 62 heavy (non-hydrogen) atoms. The highest BCUT2D eigenvalue weighted by Crippen LogP contribution is 2.51. The number of alkyl halides is 3. The number of methoxy groups -OCH3 is 1. The lowest BCUT2D eigenvalue weighted by molar-refractivity contribution is -0.227. The molecule has 10 rings (SSSR count). The van der Waals surface area contributed by atoms with Crippen molar-refractivity contribution in [1.29, 1.82) is 0 Å². The van der Waals surface area contributed by atoms with E-state index in [1.165, 1.54) is 17.8 Å². The van der Waals surface area contributed by atoms with E-state index in [4.69, 9.17) is 14.8 Å². The Hall–Kier alpha value is -6.07. The van der Waals surface area contributed by atoms with Gasteiger partial charge in [-0.05, 0) is 72.3 Å². The Balaban J connectivity index is 0.784. The fraction of sp³-hybridized carbons (Fsp3) is 0.422. The topological polar surface area (TPSA) is 149 Å². The molecule has 4 aliphatic heterocycles. The van der Waals surface area contributed by atoms with Gasteiger partial charge in [-0.15, -0.1) is 5.10 Å². The molecular weight excluding hydrogens is 802 g/mol. The monoisotopic (exact) mass is 848 g/mol. The van der Waals surface area contributed by atoms with Gasteiger partial charge < -0.3 is 20.3 Å².